The molecule has 0 saturated carbocycles. The molecular formula is C24H25Cl2N3O. The van der Waals surface area contributed by atoms with E-state index in [1.807, 2.05) is 24.3 Å². The van der Waals surface area contributed by atoms with E-state index in [1.54, 1.807) is 6.07 Å². The minimum absolute atomic E-state index is 0.204. The van der Waals surface area contributed by atoms with Crippen LogP contribution in [0.5, 0.6) is 0 Å². The fraction of sp³-hybridized carbons (Fsp3) is 0.333. The fourth-order valence-electron chi connectivity index (χ4n) is 4.07. The van der Waals surface area contributed by atoms with Crippen LogP contribution < -0.4 is 5.32 Å². The lowest BCUT2D eigenvalue weighted by Gasteiger charge is -2.32. The molecule has 2 N–H and O–H groups in total. The maximum Gasteiger partial charge on any atom is 0.148 e. The molecule has 3 aromatic rings. The van der Waals surface area contributed by atoms with Crippen LogP contribution in [0.2, 0.25) is 10.0 Å². The molecule has 0 aliphatic heterocycles. The number of halogens is 2. The number of fused-ring (bicyclic) bond motifs is 1. The second-order valence-corrected chi connectivity index (χ2v) is 8.42. The van der Waals surface area contributed by atoms with Gasteiger partial charge in [-0.25, -0.2) is 9.97 Å². The zero-order valence-electron chi connectivity index (χ0n) is 17.1. The summed E-state index contributed by atoms with van der Waals surface area (Å²) >= 11 is 12.5. The smallest absolute Gasteiger partial charge is 0.148 e. The molecule has 1 aliphatic carbocycles. The number of aliphatic hydroxyl groups excluding tert-OH is 1. The molecule has 1 aromatic heterocycles. The van der Waals surface area contributed by atoms with Crippen molar-refractivity contribution in [1.82, 2.24) is 9.97 Å². The number of rotatable bonds is 5. The number of aromatic nitrogens is 2. The van der Waals surface area contributed by atoms with Crippen LogP contribution in [0, 0.1) is 0 Å². The van der Waals surface area contributed by atoms with E-state index in [-0.39, 0.29) is 6.04 Å². The molecule has 0 spiro atoms. The van der Waals surface area contributed by atoms with Crippen molar-refractivity contribution in [2.24, 2.45) is 0 Å². The van der Waals surface area contributed by atoms with Gasteiger partial charge in [0.1, 0.15) is 5.82 Å². The summed E-state index contributed by atoms with van der Waals surface area (Å²) in [6.45, 7) is 4.11. The summed E-state index contributed by atoms with van der Waals surface area (Å²) in [5, 5.41) is 15.4. The Bertz CT molecular complexity index is 1070. The first-order chi connectivity index (χ1) is 14.5. The summed E-state index contributed by atoms with van der Waals surface area (Å²) < 4.78 is 0. The van der Waals surface area contributed by atoms with E-state index >= 15 is 0 Å². The Kier molecular flexibility index (Phi) is 6.28. The van der Waals surface area contributed by atoms with E-state index in [4.69, 9.17) is 33.2 Å². The van der Waals surface area contributed by atoms with Crippen LogP contribution in [0.1, 0.15) is 48.8 Å². The van der Waals surface area contributed by atoms with E-state index in [2.05, 4.69) is 31.3 Å². The molecule has 2 atom stereocenters. The fourth-order valence-corrected chi connectivity index (χ4v) is 4.57. The van der Waals surface area contributed by atoms with Crippen molar-refractivity contribution in [3.05, 3.63) is 75.0 Å². The standard InChI is InChI=1S/C24H25Cl2N3O/c1-3-19-22(17-11-10-15(25)13-18(17)26)27-20(4-2)24(28-19)29-23-16-8-6-5-7-14(16)9-12-21(23)30/h5-8,10-11,13,21,23,30H,3-4,9,12H2,1-2H3,(H,28,29). The average Bonchev–Trinajstić information content (AvgIpc) is 2.75. The zero-order valence-corrected chi connectivity index (χ0v) is 18.6. The minimum Gasteiger partial charge on any atom is -0.391 e. The molecule has 6 heteroatoms. The summed E-state index contributed by atoms with van der Waals surface area (Å²) in [6, 6.07) is 13.5. The summed E-state index contributed by atoms with van der Waals surface area (Å²) in [5.74, 6) is 0.726. The third-order valence-electron chi connectivity index (χ3n) is 5.67. The van der Waals surface area contributed by atoms with Gasteiger partial charge in [0.05, 0.1) is 34.3 Å². The lowest BCUT2D eigenvalue weighted by Crippen LogP contribution is -2.31. The molecule has 4 nitrogen and oxygen atoms in total. The molecule has 2 aromatic carbocycles. The van der Waals surface area contributed by atoms with E-state index < -0.39 is 6.10 Å². The third kappa shape index (κ3) is 4.04. The maximum absolute atomic E-state index is 10.7. The maximum atomic E-state index is 10.7. The Morgan fingerprint density at radius 3 is 2.53 bits per heavy atom. The first-order valence-electron chi connectivity index (χ1n) is 10.4. The molecule has 4 rings (SSSR count). The number of anilines is 1. The Morgan fingerprint density at radius 2 is 1.80 bits per heavy atom. The Balaban J connectivity index is 1.76. The van der Waals surface area contributed by atoms with Gasteiger partial charge in [-0.1, -0.05) is 61.3 Å². The highest BCUT2D eigenvalue weighted by Gasteiger charge is 2.29. The highest BCUT2D eigenvalue weighted by Crippen LogP contribution is 2.35. The van der Waals surface area contributed by atoms with Gasteiger partial charge in [-0.15, -0.1) is 0 Å². The van der Waals surface area contributed by atoms with Crippen LogP contribution in [-0.2, 0) is 19.3 Å². The van der Waals surface area contributed by atoms with Gasteiger partial charge >= 0.3 is 0 Å². The quantitative estimate of drug-likeness (QED) is 0.506. The number of hydrogen-bond donors (Lipinski definition) is 2. The van der Waals surface area contributed by atoms with E-state index in [0.717, 1.165) is 46.9 Å². The van der Waals surface area contributed by atoms with Crippen LogP contribution in [-0.4, -0.2) is 21.2 Å². The molecule has 0 radical (unpaired) electrons. The van der Waals surface area contributed by atoms with Crippen molar-refractivity contribution in [3.8, 4) is 11.3 Å². The number of aliphatic hydroxyl groups is 1. The molecule has 0 fully saturated rings. The second-order valence-electron chi connectivity index (χ2n) is 7.57. The first kappa shape index (κ1) is 21.1. The van der Waals surface area contributed by atoms with Crippen molar-refractivity contribution < 1.29 is 5.11 Å². The molecule has 0 bridgehead atoms. The van der Waals surface area contributed by atoms with Crippen LogP contribution >= 0.6 is 23.2 Å². The molecule has 0 saturated heterocycles. The summed E-state index contributed by atoms with van der Waals surface area (Å²) in [5.41, 5.74) is 5.72. The van der Waals surface area contributed by atoms with Gasteiger partial charge in [0.25, 0.3) is 0 Å². The second kappa shape index (κ2) is 8.93. The summed E-state index contributed by atoms with van der Waals surface area (Å²) in [7, 11) is 0. The van der Waals surface area contributed by atoms with Crippen molar-refractivity contribution in [2.45, 2.75) is 51.7 Å². The first-order valence-corrected chi connectivity index (χ1v) is 11.1. The van der Waals surface area contributed by atoms with Crippen molar-refractivity contribution >= 4 is 29.0 Å². The van der Waals surface area contributed by atoms with Crippen LogP contribution in [0.25, 0.3) is 11.3 Å². The molecule has 0 amide bonds. The van der Waals surface area contributed by atoms with Crippen molar-refractivity contribution in [3.63, 3.8) is 0 Å². The Morgan fingerprint density at radius 1 is 1.03 bits per heavy atom. The van der Waals surface area contributed by atoms with E-state index in [0.29, 0.717) is 22.9 Å². The highest BCUT2D eigenvalue weighted by molar-refractivity contribution is 6.36. The van der Waals surface area contributed by atoms with Gasteiger partial charge in [0, 0.05) is 10.6 Å². The molecule has 1 heterocycles. The molecule has 1 aliphatic rings. The van der Waals surface area contributed by atoms with Crippen LogP contribution in [0.15, 0.2) is 42.5 Å². The monoisotopic (exact) mass is 441 g/mol. The largest absolute Gasteiger partial charge is 0.391 e. The number of aryl methyl sites for hydroxylation is 3. The minimum atomic E-state index is -0.470. The predicted octanol–water partition coefficient (Wildman–Crippen LogP) is 6.04. The molecule has 30 heavy (non-hydrogen) atoms. The predicted molar refractivity (Wildman–Crippen MR) is 123 cm³/mol. The normalized spacial score (nSPS) is 18.2. The van der Waals surface area contributed by atoms with Gasteiger partial charge in [-0.2, -0.15) is 0 Å². The van der Waals surface area contributed by atoms with Gasteiger partial charge in [-0.05, 0) is 55.0 Å². The molecule has 2 unspecified atom stereocenters. The van der Waals surface area contributed by atoms with Gasteiger partial charge in [0.15, 0.2) is 0 Å². The number of hydrogen-bond acceptors (Lipinski definition) is 4. The number of nitrogens with one attached hydrogen (secondary N) is 1. The van der Waals surface area contributed by atoms with Gasteiger partial charge < -0.3 is 10.4 Å². The van der Waals surface area contributed by atoms with Crippen LogP contribution in [0.4, 0.5) is 5.82 Å². The topological polar surface area (TPSA) is 58.0 Å². The van der Waals surface area contributed by atoms with Crippen LogP contribution in [0.3, 0.4) is 0 Å². The molecule has 156 valence electrons. The number of nitrogens with zero attached hydrogens (tertiary/aromatic N) is 2. The Labute approximate surface area is 187 Å². The summed E-state index contributed by atoms with van der Waals surface area (Å²) in [6.07, 6.45) is 2.56. The average molecular weight is 442 g/mol. The van der Waals surface area contributed by atoms with E-state index in [1.165, 1.54) is 5.56 Å². The Hall–Kier alpha value is -2.14. The SMILES string of the molecule is CCc1nc(-c2ccc(Cl)cc2Cl)c(CC)nc1NC1c2ccccc2CCC1O. The van der Waals surface area contributed by atoms with Crippen molar-refractivity contribution in [1.29, 1.82) is 0 Å². The zero-order chi connectivity index (χ0) is 21.3. The molecular weight excluding hydrogens is 417 g/mol. The van der Waals surface area contributed by atoms with E-state index in [9.17, 15) is 5.11 Å². The van der Waals surface area contributed by atoms with Gasteiger partial charge in [-0.3, -0.25) is 0 Å². The third-order valence-corrected chi connectivity index (χ3v) is 6.22. The number of benzene rings is 2. The lowest BCUT2D eigenvalue weighted by molar-refractivity contribution is 0.135. The summed E-state index contributed by atoms with van der Waals surface area (Å²) in [4.78, 5) is 9.86. The lowest BCUT2D eigenvalue weighted by atomic mass is 9.85. The van der Waals surface area contributed by atoms with Gasteiger partial charge in [0.2, 0.25) is 0 Å². The highest BCUT2D eigenvalue weighted by atomic mass is 35.5. The van der Waals surface area contributed by atoms with Crippen molar-refractivity contribution in [2.75, 3.05) is 5.32 Å².